The molecule has 1 aliphatic rings. The van der Waals surface area contributed by atoms with E-state index in [9.17, 15) is 0 Å². The van der Waals surface area contributed by atoms with Gasteiger partial charge in [-0.25, -0.2) is 5.84 Å². The number of hydrogen-bond acceptors (Lipinski definition) is 5. The van der Waals surface area contributed by atoms with Crippen molar-refractivity contribution >= 4 is 17.1 Å². The summed E-state index contributed by atoms with van der Waals surface area (Å²) in [5.41, 5.74) is 18.1. The molecule has 23 heavy (non-hydrogen) atoms. The van der Waals surface area contributed by atoms with Gasteiger partial charge in [0.05, 0.1) is 11.4 Å². The zero-order valence-electron chi connectivity index (χ0n) is 13.4. The average Bonchev–Trinajstić information content (AvgIpc) is 2.56. The van der Waals surface area contributed by atoms with E-state index < -0.39 is 0 Å². The molecule has 0 fully saturated rings. The molecule has 0 unspecified atom stereocenters. The Hall–Kier alpha value is -2.50. The van der Waals surface area contributed by atoms with Gasteiger partial charge in [-0.3, -0.25) is 0 Å². The van der Waals surface area contributed by atoms with E-state index in [1.807, 2.05) is 30.3 Å². The van der Waals surface area contributed by atoms with E-state index in [0.717, 1.165) is 29.1 Å². The smallest absolute Gasteiger partial charge is 0.0829 e. The quantitative estimate of drug-likeness (QED) is 0.592. The SMILES string of the molecule is CN1Cc2ccccc2/C(N(N)CCN)=C(/N)c2ccccc21. The molecule has 2 aromatic rings. The van der Waals surface area contributed by atoms with E-state index in [-0.39, 0.29) is 0 Å². The topological polar surface area (TPSA) is 84.5 Å². The molecule has 0 amide bonds. The summed E-state index contributed by atoms with van der Waals surface area (Å²) in [5.74, 6) is 6.28. The third-order valence-electron chi connectivity index (χ3n) is 4.20. The molecule has 0 aromatic heterocycles. The Labute approximate surface area is 136 Å². The monoisotopic (exact) mass is 309 g/mol. The second kappa shape index (κ2) is 6.32. The minimum absolute atomic E-state index is 0.469. The normalized spacial score (nSPS) is 17.1. The Morgan fingerprint density at radius 2 is 1.70 bits per heavy atom. The second-order valence-electron chi connectivity index (χ2n) is 5.77. The number of rotatable bonds is 3. The Bertz CT molecular complexity index is 738. The molecule has 120 valence electrons. The first-order valence-electron chi connectivity index (χ1n) is 7.74. The third-order valence-corrected chi connectivity index (χ3v) is 4.20. The van der Waals surface area contributed by atoms with Gasteiger partial charge in [-0.05, 0) is 11.6 Å². The number of anilines is 1. The maximum atomic E-state index is 6.56. The number of nitrogens with two attached hydrogens (primary N) is 3. The fraction of sp³-hybridized carbons (Fsp3) is 0.222. The lowest BCUT2D eigenvalue weighted by Crippen LogP contribution is -2.36. The van der Waals surface area contributed by atoms with Gasteiger partial charge in [-0.15, -0.1) is 0 Å². The van der Waals surface area contributed by atoms with Crippen molar-refractivity contribution in [2.75, 3.05) is 25.0 Å². The number of nitrogens with zero attached hydrogens (tertiary/aromatic N) is 2. The summed E-state index contributed by atoms with van der Waals surface area (Å²) in [7, 11) is 2.08. The molecule has 0 aliphatic carbocycles. The highest BCUT2D eigenvalue weighted by atomic mass is 15.4. The lowest BCUT2D eigenvalue weighted by Gasteiger charge is -2.31. The Balaban J connectivity index is 2.29. The van der Waals surface area contributed by atoms with Gasteiger partial charge in [0.25, 0.3) is 0 Å². The van der Waals surface area contributed by atoms with Gasteiger partial charge >= 0.3 is 0 Å². The first-order valence-corrected chi connectivity index (χ1v) is 7.74. The molecule has 0 spiro atoms. The van der Waals surface area contributed by atoms with Crippen LogP contribution in [-0.2, 0) is 6.54 Å². The maximum Gasteiger partial charge on any atom is 0.0829 e. The third kappa shape index (κ3) is 2.76. The number of hydrazine groups is 1. The van der Waals surface area contributed by atoms with Crippen molar-refractivity contribution in [2.24, 2.45) is 17.3 Å². The first-order chi connectivity index (χ1) is 11.1. The Morgan fingerprint density at radius 3 is 2.43 bits per heavy atom. The van der Waals surface area contributed by atoms with Crippen LogP contribution in [0.1, 0.15) is 16.7 Å². The minimum Gasteiger partial charge on any atom is -0.396 e. The number of para-hydroxylation sites is 1. The molecule has 0 saturated carbocycles. The van der Waals surface area contributed by atoms with Crippen LogP contribution in [0.3, 0.4) is 0 Å². The van der Waals surface area contributed by atoms with Gasteiger partial charge < -0.3 is 21.4 Å². The van der Waals surface area contributed by atoms with Gasteiger partial charge in [-0.2, -0.15) is 0 Å². The second-order valence-corrected chi connectivity index (χ2v) is 5.77. The van der Waals surface area contributed by atoms with E-state index in [1.54, 1.807) is 5.01 Å². The van der Waals surface area contributed by atoms with Crippen LogP contribution in [0.25, 0.3) is 11.4 Å². The molecule has 0 radical (unpaired) electrons. The fourth-order valence-electron chi connectivity index (χ4n) is 3.10. The van der Waals surface area contributed by atoms with Gasteiger partial charge in [-0.1, -0.05) is 42.5 Å². The van der Waals surface area contributed by atoms with Crippen molar-refractivity contribution in [2.45, 2.75) is 6.54 Å². The zero-order chi connectivity index (χ0) is 16.4. The zero-order valence-corrected chi connectivity index (χ0v) is 13.4. The van der Waals surface area contributed by atoms with E-state index in [1.165, 1.54) is 5.56 Å². The van der Waals surface area contributed by atoms with Crippen molar-refractivity contribution < 1.29 is 0 Å². The van der Waals surface area contributed by atoms with Crippen LogP contribution in [-0.4, -0.2) is 25.1 Å². The number of hydrogen-bond donors (Lipinski definition) is 3. The number of benzene rings is 2. The maximum absolute atomic E-state index is 6.56. The minimum atomic E-state index is 0.469. The highest BCUT2D eigenvalue weighted by molar-refractivity contribution is 5.93. The molecular formula is C18H23N5. The van der Waals surface area contributed by atoms with E-state index in [0.29, 0.717) is 18.8 Å². The summed E-state index contributed by atoms with van der Waals surface area (Å²) in [5, 5.41) is 1.66. The summed E-state index contributed by atoms with van der Waals surface area (Å²) >= 11 is 0. The van der Waals surface area contributed by atoms with Crippen LogP contribution in [0, 0.1) is 0 Å². The fourth-order valence-corrected chi connectivity index (χ4v) is 3.10. The highest BCUT2D eigenvalue weighted by Crippen LogP contribution is 2.35. The summed E-state index contributed by atoms with van der Waals surface area (Å²) < 4.78 is 0. The largest absolute Gasteiger partial charge is 0.396 e. The van der Waals surface area contributed by atoms with E-state index >= 15 is 0 Å². The van der Waals surface area contributed by atoms with Crippen molar-refractivity contribution in [3.63, 3.8) is 0 Å². The highest BCUT2D eigenvalue weighted by Gasteiger charge is 2.22. The van der Waals surface area contributed by atoms with Crippen molar-refractivity contribution in [1.82, 2.24) is 5.01 Å². The van der Waals surface area contributed by atoms with Crippen LogP contribution >= 0.6 is 0 Å². The van der Waals surface area contributed by atoms with Crippen molar-refractivity contribution in [3.8, 4) is 0 Å². The number of fused-ring (bicyclic) bond motifs is 2. The van der Waals surface area contributed by atoms with E-state index in [4.69, 9.17) is 17.3 Å². The summed E-state index contributed by atoms with van der Waals surface area (Å²) in [4.78, 5) is 2.21. The van der Waals surface area contributed by atoms with Crippen LogP contribution < -0.4 is 22.2 Å². The molecule has 0 saturated heterocycles. The first kappa shape index (κ1) is 15.4. The molecule has 5 nitrogen and oxygen atoms in total. The van der Waals surface area contributed by atoms with Crippen LogP contribution in [0.2, 0.25) is 0 Å². The van der Waals surface area contributed by atoms with Gasteiger partial charge in [0, 0.05) is 43.5 Å². The van der Waals surface area contributed by atoms with E-state index in [2.05, 4.69) is 30.1 Å². The molecule has 2 aromatic carbocycles. The van der Waals surface area contributed by atoms with Crippen LogP contribution in [0.5, 0.6) is 0 Å². The Morgan fingerprint density at radius 1 is 1.04 bits per heavy atom. The molecule has 5 heteroatoms. The average molecular weight is 309 g/mol. The predicted octanol–water partition coefficient (Wildman–Crippen LogP) is 1.56. The van der Waals surface area contributed by atoms with Crippen LogP contribution in [0.15, 0.2) is 48.5 Å². The molecule has 3 rings (SSSR count). The van der Waals surface area contributed by atoms with Gasteiger partial charge in [0.1, 0.15) is 0 Å². The molecule has 1 aliphatic heterocycles. The lowest BCUT2D eigenvalue weighted by molar-refractivity contribution is 0.427. The molecule has 1 heterocycles. The molecule has 6 N–H and O–H groups in total. The summed E-state index contributed by atoms with van der Waals surface area (Å²) in [6.07, 6.45) is 0. The molecule has 0 bridgehead atoms. The summed E-state index contributed by atoms with van der Waals surface area (Å²) in [6, 6.07) is 16.4. The standard InChI is InChI=1S/C18H23N5/c1-22-12-13-6-2-3-7-14(13)18(23(21)11-10-19)17(20)15-8-4-5-9-16(15)22/h2-9H,10-12,19-21H2,1H3/b18-17-. The van der Waals surface area contributed by atoms with Crippen LogP contribution in [0.4, 0.5) is 5.69 Å². The van der Waals surface area contributed by atoms with Crippen molar-refractivity contribution in [1.29, 1.82) is 0 Å². The van der Waals surface area contributed by atoms with Gasteiger partial charge in [0.15, 0.2) is 0 Å². The van der Waals surface area contributed by atoms with Gasteiger partial charge in [0.2, 0.25) is 0 Å². The molecular weight excluding hydrogens is 286 g/mol. The van der Waals surface area contributed by atoms with Crippen molar-refractivity contribution in [3.05, 3.63) is 65.2 Å². The summed E-state index contributed by atoms with van der Waals surface area (Å²) in [6.45, 7) is 1.81. The predicted molar refractivity (Wildman–Crippen MR) is 95.9 cm³/mol. The Kier molecular flexibility index (Phi) is 4.23. The lowest BCUT2D eigenvalue weighted by atomic mass is 9.96. The molecule has 0 atom stereocenters.